The molecular formula is C16H21N3O3S. The molecular weight excluding hydrogens is 314 g/mol. The van der Waals surface area contributed by atoms with Crippen LogP contribution in [0.25, 0.3) is 0 Å². The van der Waals surface area contributed by atoms with Crippen molar-refractivity contribution in [3.63, 3.8) is 0 Å². The highest BCUT2D eigenvalue weighted by atomic mass is 32.2. The molecule has 1 N–H and O–H groups in total. The summed E-state index contributed by atoms with van der Waals surface area (Å²) in [5, 5.41) is 11.0. The molecule has 1 aliphatic rings. The molecule has 0 aromatic heterocycles. The van der Waals surface area contributed by atoms with Crippen molar-refractivity contribution >= 4 is 21.6 Å². The minimum Gasteiger partial charge on any atom is -0.325 e. The number of carbonyl (C=O) groups excluding carboxylic acids is 1. The highest BCUT2D eigenvalue weighted by Crippen LogP contribution is 2.26. The maximum Gasteiger partial charge on any atom is 0.243 e. The van der Waals surface area contributed by atoms with Gasteiger partial charge in [-0.3, -0.25) is 4.79 Å². The summed E-state index contributed by atoms with van der Waals surface area (Å²) in [5.41, 5.74) is 0.476. The Morgan fingerprint density at radius 3 is 2.43 bits per heavy atom. The molecule has 7 heteroatoms. The van der Waals surface area contributed by atoms with Gasteiger partial charge in [0.1, 0.15) is 6.42 Å². The van der Waals surface area contributed by atoms with Gasteiger partial charge in [-0.2, -0.15) is 9.57 Å². The number of sulfonamides is 1. The molecule has 1 aliphatic carbocycles. The molecule has 1 aromatic rings. The zero-order valence-corrected chi connectivity index (χ0v) is 14.0. The molecule has 0 bridgehead atoms. The molecule has 0 spiro atoms. The third kappa shape index (κ3) is 4.30. The van der Waals surface area contributed by atoms with Crippen LogP contribution in [0.3, 0.4) is 0 Å². The first-order chi connectivity index (χ1) is 10.9. The lowest BCUT2D eigenvalue weighted by atomic mass is 9.96. The molecule has 23 heavy (non-hydrogen) atoms. The number of amides is 1. The Labute approximate surface area is 137 Å². The Hall–Kier alpha value is -1.91. The third-order valence-corrected chi connectivity index (χ3v) is 6.07. The van der Waals surface area contributed by atoms with Crippen molar-refractivity contribution in [2.45, 2.75) is 49.5 Å². The summed E-state index contributed by atoms with van der Waals surface area (Å²) in [6.45, 7) is 0. The van der Waals surface area contributed by atoms with Crippen LogP contribution in [0.4, 0.5) is 5.69 Å². The molecule has 1 aromatic carbocycles. The Morgan fingerprint density at radius 2 is 1.87 bits per heavy atom. The molecule has 1 amide bonds. The summed E-state index contributed by atoms with van der Waals surface area (Å²) in [7, 11) is -1.89. The average molecular weight is 335 g/mol. The molecule has 0 aliphatic heterocycles. The minimum atomic E-state index is -3.53. The van der Waals surface area contributed by atoms with Crippen LogP contribution >= 0.6 is 0 Å². The smallest absolute Gasteiger partial charge is 0.243 e. The molecule has 0 unspecified atom stereocenters. The van der Waals surface area contributed by atoms with Gasteiger partial charge in [-0.25, -0.2) is 8.42 Å². The lowest BCUT2D eigenvalue weighted by molar-refractivity contribution is -0.115. The van der Waals surface area contributed by atoms with Crippen LogP contribution in [0, 0.1) is 11.3 Å². The highest BCUT2D eigenvalue weighted by Gasteiger charge is 2.28. The molecule has 1 saturated carbocycles. The van der Waals surface area contributed by atoms with Gasteiger partial charge in [-0.15, -0.1) is 0 Å². The Morgan fingerprint density at radius 1 is 1.26 bits per heavy atom. The predicted molar refractivity (Wildman–Crippen MR) is 87.1 cm³/mol. The third-order valence-electron chi connectivity index (χ3n) is 4.14. The lowest BCUT2D eigenvalue weighted by Gasteiger charge is -2.30. The van der Waals surface area contributed by atoms with Gasteiger partial charge < -0.3 is 5.32 Å². The normalized spacial score (nSPS) is 16.0. The highest BCUT2D eigenvalue weighted by molar-refractivity contribution is 7.89. The summed E-state index contributed by atoms with van der Waals surface area (Å²) >= 11 is 0. The van der Waals surface area contributed by atoms with Gasteiger partial charge in [0, 0.05) is 18.8 Å². The van der Waals surface area contributed by atoms with Crippen LogP contribution in [-0.2, 0) is 14.8 Å². The van der Waals surface area contributed by atoms with E-state index in [1.807, 2.05) is 0 Å². The van der Waals surface area contributed by atoms with Gasteiger partial charge in [-0.1, -0.05) is 19.3 Å². The van der Waals surface area contributed by atoms with Crippen molar-refractivity contribution in [1.29, 1.82) is 5.26 Å². The van der Waals surface area contributed by atoms with E-state index in [0.717, 1.165) is 25.7 Å². The number of nitrogens with zero attached hydrogens (tertiary/aromatic N) is 2. The molecule has 0 saturated heterocycles. The van der Waals surface area contributed by atoms with E-state index < -0.39 is 15.9 Å². The van der Waals surface area contributed by atoms with Crippen molar-refractivity contribution in [2.24, 2.45) is 0 Å². The molecule has 0 atom stereocenters. The Balaban J connectivity index is 2.10. The molecule has 0 radical (unpaired) electrons. The van der Waals surface area contributed by atoms with E-state index in [9.17, 15) is 13.2 Å². The fourth-order valence-corrected chi connectivity index (χ4v) is 4.21. The monoisotopic (exact) mass is 335 g/mol. The summed E-state index contributed by atoms with van der Waals surface area (Å²) in [5.74, 6) is -0.414. The topological polar surface area (TPSA) is 90.3 Å². The number of anilines is 1. The van der Waals surface area contributed by atoms with E-state index in [4.69, 9.17) is 5.26 Å². The van der Waals surface area contributed by atoms with Gasteiger partial charge in [0.05, 0.1) is 11.0 Å². The van der Waals surface area contributed by atoms with E-state index >= 15 is 0 Å². The number of benzene rings is 1. The van der Waals surface area contributed by atoms with Gasteiger partial charge in [0.25, 0.3) is 0 Å². The van der Waals surface area contributed by atoms with E-state index in [0.29, 0.717) is 5.69 Å². The second-order valence-electron chi connectivity index (χ2n) is 5.72. The number of hydrogen-bond donors (Lipinski definition) is 1. The maximum atomic E-state index is 12.7. The second kappa shape index (κ2) is 7.57. The molecule has 6 nitrogen and oxygen atoms in total. The maximum absolute atomic E-state index is 12.7. The van der Waals surface area contributed by atoms with Crippen molar-refractivity contribution in [1.82, 2.24) is 4.31 Å². The SMILES string of the molecule is CN(C1CCCCC1)S(=O)(=O)c1ccc(NC(=O)CC#N)cc1. The number of carbonyl (C=O) groups is 1. The van der Waals surface area contributed by atoms with Crippen molar-refractivity contribution in [3.05, 3.63) is 24.3 Å². The van der Waals surface area contributed by atoms with E-state index in [1.54, 1.807) is 13.1 Å². The van der Waals surface area contributed by atoms with Crippen LogP contribution in [-0.4, -0.2) is 31.7 Å². The van der Waals surface area contributed by atoms with Crippen molar-refractivity contribution in [2.75, 3.05) is 12.4 Å². The van der Waals surface area contributed by atoms with E-state index in [-0.39, 0.29) is 17.4 Å². The largest absolute Gasteiger partial charge is 0.325 e. The number of nitriles is 1. The summed E-state index contributed by atoms with van der Waals surface area (Å²) < 4.78 is 26.8. The lowest BCUT2D eigenvalue weighted by Crippen LogP contribution is -2.38. The van der Waals surface area contributed by atoms with Crippen molar-refractivity contribution < 1.29 is 13.2 Å². The summed E-state index contributed by atoms with van der Waals surface area (Å²) in [6.07, 6.45) is 4.87. The van der Waals surface area contributed by atoms with Gasteiger partial charge >= 0.3 is 0 Å². The minimum absolute atomic E-state index is 0.0590. The van der Waals surface area contributed by atoms with Crippen LogP contribution in [0.15, 0.2) is 29.2 Å². The number of rotatable bonds is 5. The predicted octanol–water partition coefficient (Wildman–Crippen LogP) is 2.49. The van der Waals surface area contributed by atoms with Crippen LogP contribution in [0.1, 0.15) is 38.5 Å². The summed E-state index contributed by atoms with van der Waals surface area (Å²) in [4.78, 5) is 11.6. The van der Waals surface area contributed by atoms with Crippen LogP contribution < -0.4 is 5.32 Å². The fraction of sp³-hybridized carbons (Fsp3) is 0.500. The van der Waals surface area contributed by atoms with Crippen LogP contribution in [0.5, 0.6) is 0 Å². The zero-order valence-electron chi connectivity index (χ0n) is 13.2. The number of hydrogen-bond acceptors (Lipinski definition) is 4. The zero-order chi connectivity index (χ0) is 16.9. The Kier molecular flexibility index (Phi) is 5.74. The first kappa shape index (κ1) is 17.4. The van der Waals surface area contributed by atoms with Gasteiger partial charge in [-0.05, 0) is 37.1 Å². The van der Waals surface area contributed by atoms with E-state index in [2.05, 4.69) is 5.32 Å². The van der Waals surface area contributed by atoms with Crippen LogP contribution in [0.2, 0.25) is 0 Å². The van der Waals surface area contributed by atoms with E-state index in [1.165, 1.54) is 35.0 Å². The summed E-state index contributed by atoms with van der Waals surface area (Å²) in [6, 6.07) is 7.86. The standard InChI is InChI=1S/C16H21N3O3S/c1-19(14-5-3-2-4-6-14)23(21,22)15-9-7-13(8-10-15)18-16(20)11-12-17/h7-10,14H,2-6,11H2,1H3,(H,18,20). The molecule has 1 fully saturated rings. The molecule has 0 heterocycles. The van der Waals surface area contributed by atoms with Gasteiger partial charge in [0.15, 0.2) is 0 Å². The Bertz CT molecular complexity index is 686. The van der Waals surface area contributed by atoms with Gasteiger partial charge in [0.2, 0.25) is 15.9 Å². The first-order valence-corrected chi connectivity index (χ1v) is 9.14. The average Bonchev–Trinajstić information content (AvgIpc) is 2.55. The molecule has 2 rings (SSSR count). The molecule has 124 valence electrons. The quantitative estimate of drug-likeness (QED) is 0.895. The second-order valence-corrected chi connectivity index (χ2v) is 7.72. The first-order valence-electron chi connectivity index (χ1n) is 7.70. The van der Waals surface area contributed by atoms with Crippen molar-refractivity contribution in [3.8, 4) is 6.07 Å². The number of nitrogens with one attached hydrogen (secondary N) is 1. The fourth-order valence-electron chi connectivity index (χ4n) is 2.79.